The highest BCUT2D eigenvalue weighted by atomic mass is 79.9. The van der Waals surface area contributed by atoms with Crippen molar-refractivity contribution in [3.63, 3.8) is 0 Å². The van der Waals surface area contributed by atoms with Gasteiger partial charge in [0, 0.05) is 49.8 Å². The summed E-state index contributed by atoms with van der Waals surface area (Å²) in [6, 6.07) is 0. The van der Waals surface area contributed by atoms with Gasteiger partial charge in [-0.05, 0) is 79.6 Å². The Morgan fingerprint density at radius 3 is 1.58 bits per heavy atom. The van der Waals surface area contributed by atoms with Crippen LogP contribution in [-0.2, 0) is 14.2 Å². The first-order chi connectivity index (χ1) is 15.4. The average molecular weight is 800 g/mol. The molecule has 178 valence electrons. The van der Waals surface area contributed by atoms with Crippen molar-refractivity contribution >= 4 is 99.0 Å². The predicted molar refractivity (Wildman–Crippen MR) is 137 cm³/mol. The number of carbonyl (C=O) groups excluding carboxylic acids is 2. The van der Waals surface area contributed by atoms with E-state index in [0.717, 1.165) is 39.3 Å². The molecule has 0 atom stereocenters. The molecule has 3 saturated heterocycles. The summed E-state index contributed by atoms with van der Waals surface area (Å²) < 4.78 is 18.0. The van der Waals surface area contributed by atoms with E-state index >= 15 is 0 Å². The molecule has 0 amide bonds. The standard InChI is InChI=1S/C12H13N3O2.C6H2Br5O4P/c16-9-7-8(13-1-2-13)12(17)11(15-5-6-15)10(9)14-3-4-14;7-1-2(8)4(10)6(5(11)3(1)9)15-16(12,13)14/h7H,1-6H2;(H2,12,13,14). The Balaban J connectivity index is 0.000000158. The van der Waals surface area contributed by atoms with Crippen LogP contribution in [0, 0.1) is 0 Å². The fraction of sp³-hybridized carbons (Fsp3) is 0.333. The Kier molecular flexibility index (Phi) is 7.59. The highest BCUT2D eigenvalue weighted by Crippen LogP contribution is 2.52. The molecule has 0 spiro atoms. The van der Waals surface area contributed by atoms with Gasteiger partial charge in [-0.2, -0.15) is 0 Å². The summed E-state index contributed by atoms with van der Waals surface area (Å²) in [5.74, 6) is 0.0580. The molecule has 5 rings (SSSR count). The number of Topliss-reactive ketones (excluding diaryl/α,β-unsaturated/α-hetero) is 1. The van der Waals surface area contributed by atoms with Gasteiger partial charge in [0.2, 0.25) is 11.6 Å². The lowest BCUT2D eigenvalue weighted by Crippen LogP contribution is -2.29. The van der Waals surface area contributed by atoms with Gasteiger partial charge in [0.25, 0.3) is 0 Å². The molecule has 15 heteroatoms. The van der Waals surface area contributed by atoms with Crippen molar-refractivity contribution in [2.45, 2.75) is 0 Å². The van der Waals surface area contributed by atoms with Gasteiger partial charge >= 0.3 is 7.82 Å². The minimum Gasteiger partial charge on any atom is -0.402 e. The lowest BCUT2D eigenvalue weighted by atomic mass is 10.0. The van der Waals surface area contributed by atoms with Gasteiger partial charge in [-0.15, -0.1) is 0 Å². The summed E-state index contributed by atoms with van der Waals surface area (Å²) in [6.45, 7) is 5.41. The normalized spacial score (nSPS) is 19.4. The summed E-state index contributed by atoms with van der Waals surface area (Å²) in [4.78, 5) is 48.0. The zero-order chi connectivity index (χ0) is 24.2. The molecule has 2 N–H and O–H groups in total. The van der Waals surface area contributed by atoms with Crippen molar-refractivity contribution in [1.82, 2.24) is 14.7 Å². The number of phosphoric acid groups is 1. The number of hydrogen-bond donors (Lipinski definition) is 2. The first-order valence-electron chi connectivity index (χ1n) is 9.47. The summed E-state index contributed by atoms with van der Waals surface area (Å²) in [6.07, 6.45) is 1.52. The number of hydrogen-bond acceptors (Lipinski definition) is 7. The number of benzene rings is 1. The largest absolute Gasteiger partial charge is 0.524 e. The SMILES string of the molecule is O=C1C=C(N2CC2)C(=O)C(N2CC2)=C1N1CC1.O=P(O)(O)Oc1c(Br)c(Br)c(Br)c(Br)c1Br. The number of carbonyl (C=O) groups is 2. The average Bonchev–Trinajstić information content (AvgIpc) is 3.59. The van der Waals surface area contributed by atoms with E-state index in [9.17, 15) is 14.2 Å². The molecule has 0 radical (unpaired) electrons. The summed E-state index contributed by atoms with van der Waals surface area (Å²) in [7, 11) is -4.61. The van der Waals surface area contributed by atoms with E-state index in [1.165, 1.54) is 6.08 Å². The molecule has 3 aliphatic heterocycles. The van der Waals surface area contributed by atoms with Crippen molar-refractivity contribution < 1.29 is 28.5 Å². The lowest BCUT2D eigenvalue weighted by molar-refractivity contribution is -0.117. The first-order valence-corrected chi connectivity index (χ1v) is 15.0. The third-order valence-corrected chi connectivity index (χ3v) is 11.3. The molecule has 3 fully saturated rings. The highest BCUT2D eigenvalue weighted by molar-refractivity contribution is 9.15. The van der Waals surface area contributed by atoms with Crippen LogP contribution in [-0.4, -0.2) is 75.3 Å². The van der Waals surface area contributed by atoms with Crippen molar-refractivity contribution in [2.75, 3.05) is 39.3 Å². The summed E-state index contributed by atoms with van der Waals surface area (Å²) in [5, 5.41) is 0. The van der Waals surface area contributed by atoms with E-state index in [2.05, 4.69) is 84.2 Å². The maximum Gasteiger partial charge on any atom is 0.524 e. The van der Waals surface area contributed by atoms with Crippen LogP contribution in [0.5, 0.6) is 5.75 Å². The number of rotatable bonds is 5. The molecule has 1 aromatic carbocycles. The maximum absolute atomic E-state index is 12.4. The van der Waals surface area contributed by atoms with Crippen molar-refractivity contribution in [1.29, 1.82) is 0 Å². The number of allylic oxidation sites excluding steroid dienone is 1. The van der Waals surface area contributed by atoms with Crippen LogP contribution in [0.2, 0.25) is 0 Å². The minimum absolute atomic E-state index is 0.00546. The van der Waals surface area contributed by atoms with E-state index in [1.807, 2.05) is 14.7 Å². The van der Waals surface area contributed by atoms with Crippen LogP contribution in [0.25, 0.3) is 0 Å². The summed E-state index contributed by atoms with van der Waals surface area (Å²) >= 11 is 16.1. The monoisotopic (exact) mass is 795 g/mol. The molecule has 9 nitrogen and oxygen atoms in total. The predicted octanol–water partition coefficient (Wildman–Crippen LogP) is 4.15. The third-order valence-electron chi connectivity index (χ3n) is 4.87. The zero-order valence-electron chi connectivity index (χ0n) is 16.5. The van der Waals surface area contributed by atoms with E-state index in [1.54, 1.807) is 0 Å². The fourth-order valence-electron chi connectivity index (χ4n) is 3.06. The van der Waals surface area contributed by atoms with E-state index in [-0.39, 0.29) is 17.3 Å². The van der Waals surface area contributed by atoms with Crippen LogP contribution in [0.15, 0.2) is 45.5 Å². The molecule has 0 unspecified atom stereocenters. The van der Waals surface area contributed by atoms with Crippen LogP contribution in [0.4, 0.5) is 0 Å². The Morgan fingerprint density at radius 1 is 0.727 bits per heavy atom. The molecule has 0 saturated carbocycles. The Morgan fingerprint density at radius 2 is 1.15 bits per heavy atom. The Bertz CT molecular complexity index is 1140. The van der Waals surface area contributed by atoms with Crippen molar-refractivity contribution in [3.8, 4) is 5.75 Å². The van der Waals surface area contributed by atoms with Crippen LogP contribution < -0.4 is 4.52 Å². The van der Waals surface area contributed by atoms with E-state index in [0.29, 0.717) is 39.5 Å². The van der Waals surface area contributed by atoms with E-state index in [4.69, 9.17) is 9.79 Å². The fourth-order valence-corrected chi connectivity index (χ4v) is 6.90. The molecular formula is C18H15Br5N3O6P. The van der Waals surface area contributed by atoms with Gasteiger partial charge < -0.3 is 19.2 Å². The Hall–Kier alpha value is -0.210. The quantitative estimate of drug-likeness (QED) is 0.149. The zero-order valence-corrected chi connectivity index (χ0v) is 25.4. The third kappa shape index (κ3) is 5.79. The molecule has 0 aromatic heterocycles. The van der Waals surface area contributed by atoms with Crippen molar-refractivity contribution in [3.05, 3.63) is 45.5 Å². The second-order valence-electron chi connectivity index (χ2n) is 7.36. The molecular weight excluding hydrogens is 785 g/mol. The number of ketones is 2. The van der Waals surface area contributed by atoms with Gasteiger partial charge in [-0.3, -0.25) is 19.4 Å². The second kappa shape index (κ2) is 9.68. The van der Waals surface area contributed by atoms with Crippen LogP contribution in [0.3, 0.4) is 0 Å². The number of nitrogens with zero attached hydrogens (tertiary/aromatic N) is 3. The topological polar surface area (TPSA) is 110 Å². The van der Waals surface area contributed by atoms with E-state index < -0.39 is 7.82 Å². The molecule has 1 aromatic rings. The van der Waals surface area contributed by atoms with Gasteiger partial charge in [0.15, 0.2) is 5.75 Å². The van der Waals surface area contributed by atoms with Crippen LogP contribution in [0.1, 0.15) is 0 Å². The van der Waals surface area contributed by atoms with Gasteiger partial charge in [-0.1, -0.05) is 0 Å². The van der Waals surface area contributed by atoms with Gasteiger partial charge in [-0.25, -0.2) is 4.57 Å². The van der Waals surface area contributed by atoms with Gasteiger partial charge in [0.05, 0.1) is 23.6 Å². The second-order valence-corrected chi connectivity index (χ2v) is 12.5. The first kappa shape index (κ1) is 25.9. The minimum atomic E-state index is -4.61. The molecule has 1 aliphatic carbocycles. The van der Waals surface area contributed by atoms with Crippen LogP contribution >= 0.6 is 87.5 Å². The maximum atomic E-state index is 12.4. The molecule has 4 aliphatic rings. The molecule has 33 heavy (non-hydrogen) atoms. The highest BCUT2D eigenvalue weighted by Gasteiger charge is 2.43. The number of halogens is 5. The molecule has 3 heterocycles. The van der Waals surface area contributed by atoms with Gasteiger partial charge in [0.1, 0.15) is 11.4 Å². The lowest BCUT2D eigenvalue weighted by Gasteiger charge is -2.21. The smallest absolute Gasteiger partial charge is 0.402 e. The van der Waals surface area contributed by atoms with Crippen molar-refractivity contribution in [2.24, 2.45) is 0 Å². The Labute approximate surface area is 231 Å². The summed E-state index contributed by atoms with van der Waals surface area (Å²) in [5.41, 5.74) is 1.89. The molecule has 0 bridgehead atoms. The number of phosphoric ester groups is 1.